The van der Waals surface area contributed by atoms with Crippen LogP contribution in [0.3, 0.4) is 0 Å². The Kier molecular flexibility index (Phi) is 5.58. The van der Waals surface area contributed by atoms with Crippen molar-refractivity contribution < 1.29 is 9.59 Å². The Morgan fingerprint density at radius 3 is 2.90 bits per heavy atom. The summed E-state index contributed by atoms with van der Waals surface area (Å²) in [6.07, 6.45) is 1.61. The molecule has 1 aliphatic heterocycles. The zero-order valence-corrected chi connectivity index (χ0v) is 13.9. The minimum absolute atomic E-state index is 0.121. The minimum Gasteiger partial charge on any atom is -0.337 e. The Bertz CT molecular complexity index is 530. The molecule has 5 nitrogen and oxygen atoms in total. The SMILES string of the molecule is CC(C)CC(=O)N1CCc2nc(NC(=O)CCCl)sc2C1. The number of rotatable bonds is 5. The van der Waals surface area contributed by atoms with Crippen LogP contribution in [0.25, 0.3) is 0 Å². The number of hydrogen-bond acceptors (Lipinski definition) is 4. The van der Waals surface area contributed by atoms with Crippen LogP contribution in [-0.2, 0) is 22.6 Å². The van der Waals surface area contributed by atoms with E-state index in [0.717, 1.165) is 17.0 Å². The lowest BCUT2D eigenvalue weighted by Crippen LogP contribution is -2.36. The van der Waals surface area contributed by atoms with Crippen LogP contribution in [0.1, 0.15) is 37.3 Å². The maximum atomic E-state index is 12.1. The van der Waals surface area contributed by atoms with Gasteiger partial charge in [-0.25, -0.2) is 4.98 Å². The summed E-state index contributed by atoms with van der Waals surface area (Å²) in [4.78, 5) is 31.0. The van der Waals surface area contributed by atoms with Crippen molar-refractivity contribution >= 4 is 39.9 Å². The molecule has 0 aliphatic carbocycles. The molecule has 0 saturated carbocycles. The van der Waals surface area contributed by atoms with E-state index < -0.39 is 0 Å². The lowest BCUT2D eigenvalue weighted by atomic mass is 10.1. The largest absolute Gasteiger partial charge is 0.337 e. The number of nitrogens with one attached hydrogen (secondary N) is 1. The van der Waals surface area contributed by atoms with Crippen molar-refractivity contribution in [3.8, 4) is 0 Å². The highest BCUT2D eigenvalue weighted by atomic mass is 35.5. The van der Waals surface area contributed by atoms with Gasteiger partial charge in [0.15, 0.2) is 5.13 Å². The van der Waals surface area contributed by atoms with E-state index in [9.17, 15) is 9.59 Å². The number of fused-ring (bicyclic) bond motifs is 1. The number of nitrogens with zero attached hydrogens (tertiary/aromatic N) is 2. The van der Waals surface area contributed by atoms with Gasteiger partial charge in [-0.1, -0.05) is 25.2 Å². The second-order valence-electron chi connectivity index (χ2n) is 5.54. The van der Waals surface area contributed by atoms with E-state index in [-0.39, 0.29) is 18.2 Å². The molecule has 0 atom stereocenters. The Hall–Kier alpha value is -1.14. The summed E-state index contributed by atoms with van der Waals surface area (Å²) in [6, 6.07) is 0. The van der Waals surface area contributed by atoms with Crippen molar-refractivity contribution in [1.29, 1.82) is 0 Å². The van der Waals surface area contributed by atoms with E-state index in [1.807, 2.05) is 18.7 Å². The summed E-state index contributed by atoms with van der Waals surface area (Å²) in [7, 11) is 0. The molecule has 0 radical (unpaired) electrons. The van der Waals surface area contributed by atoms with Gasteiger partial charge in [0.2, 0.25) is 11.8 Å². The van der Waals surface area contributed by atoms with Gasteiger partial charge in [0.25, 0.3) is 0 Å². The van der Waals surface area contributed by atoms with E-state index in [1.165, 1.54) is 11.3 Å². The highest BCUT2D eigenvalue weighted by Gasteiger charge is 2.24. The number of halogens is 1. The van der Waals surface area contributed by atoms with Crippen LogP contribution < -0.4 is 5.32 Å². The number of thiazole rings is 1. The quantitative estimate of drug-likeness (QED) is 0.845. The summed E-state index contributed by atoms with van der Waals surface area (Å²) in [6.45, 7) is 5.40. The molecular formula is C14H20ClN3O2S. The summed E-state index contributed by atoms with van der Waals surface area (Å²) in [5.41, 5.74) is 0.995. The average molecular weight is 330 g/mol. The number of anilines is 1. The molecule has 0 saturated heterocycles. The number of carbonyl (C=O) groups is 2. The standard InChI is InChI=1S/C14H20ClN3O2S/c1-9(2)7-13(20)18-6-4-10-11(8-18)21-14(16-10)17-12(19)3-5-15/h9H,3-8H2,1-2H3,(H,16,17,19). The number of hydrogen-bond donors (Lipinski definition) is 1. The minimum atomic E-state index is -0.121. The van der Waals surface area contributed by atoms with Gasteiger partial charge >= 0.3 is 0 Å². The molecule has 1 aromatic rings. The van der Waals surface area contributed by atoms with Crippen molar-refractivity contribution in [3.63, 3.8) is 0 Å². The maximum Gasteiger partial charge on any atom is 0.227 e. The molecule has 7 heteroatoms. The third-order valence-corrected chi connectivity index (χ3v) is 4.42. The van der Waals surface area contributed by atoms with E-state index in [0.29, 0.717) is 36.4 Å². The third kappa shape index (κ3) is 4.41. The van der Waals surface area contributed by atoms with Crippen molar-refractivity contribution in [1.82, 2.24) is 9.88 Å². The Morgan fingerprint density at radius 2 is 2.24 bits per heavy atom. The first-order valence-electron chi connectivity index (χ1n) is 7.11. The van der Waals surface area contributed by atoms with Gasteiger partial charge < -0.3 is 10.2 Å². The molecule has 1 aliphatic rings. The predicted molar refractivity (Wildman–Crippen MR) is 84.7 cm³/mol. The molecule has 0 unspecified atom stereocenters. The van der Waals surface area contributed by atoms with Crippen molar-refractivity contribution in [2.45, 2.75) is 39.7 Å². The van der Waals surface area contributed by atoms with E-state index in [1.54, 1.807) is 0 Å². The van der Waals surface area contributed by atoms with Gasteiger partial charge in [-0.2, -0.15) is 0 Å². The van der Waals surface area contributed by atoms with Gasteiger partial charge in [0, 0.05) is 36.6 Å². The van der Waals surface area contributed by atoms with Gasteiger partial charge in [0.1, 0.15) is 0 Å². The van der Waals surface area contributed by atoms with Crippen LogP contribution >= 0.6 is 22.9 Å². The van der Waals surface area contributed by atoms with Gasteiger partial charge in [0.05, 0.1) is 12.2 Å². The van der Waals surface area contributed by atoms with Crippen molar-refractivity contribution in [2.75, 3.05) is 17.7 Å². The topological polar surface area (TPSA) is 62.3 Å². The first-order chi connectivity index (χ1) is 9.99. The van der Waals surface area contributed by atoms with Crippen LogP contribution in [0.2, 0.25) is 0 Å². The van der Waals surface area contributed by atoms with E-state index in [2.05, 4.69) is 10.3 Å². The Balaban J connectivity index is 1.99. The van der Waals surface area contributed by atoms with E-state index >= 15 is 0 Å². The molecule has 0 bridgehead atoms. The average Bonchev–Trinajstić information content (AvgIpc) is 2.78. The first kappa shape index (κ1) is 16.2. The molecule has 2 rings (SSSR count). The highest BCUT2D eigenvalue weighted by Crippen LogP contribution is 2.28. The molecule has 2 heterocycles. The number of aromatic nitrogens is 1. The first-order valence-corrected chi connectivity index (χ1v) is 8.47. The number of carbonyl (C=O) groups excluding carboxylic acids is 2. The molecule has 0 fully saturated rings. The summed E-state index contributed by atoms with van der Waals surface area (Å²) < 4.78 is 0. The molecule has 1 aromatic heterocycles. The molecule has 2 amide bonds. The van der Waals surface area contributed by atoms with Gasteiger partial charge in [-0.05, 0) is 5.92 Å². The predicted octanol–water partition coefficient (Wildman–Crippen LogP) is 2.64. The Morgan fingerprint density at radius 1 is 1.48 bits per heavy atom. The molecule has 0 spiro atoms. The second-order valence-corrected chi connectivity index (χ2v) is 7.00. The molecule has 1 N–H and O–H groups in total. The van der Waals surface area contributed by atoms with Crippen molar-refractivity contribution in [2.24, 2.45) is 5.92 Å². The van der Waals surface area contributed by atoms with Crippen LogP contribution in [0.4, 0.5) is 5.13 Å². The lowest BCUT2D eigenvalue weighted by Gasteiger charge is -2.26. The van der Waals surface area contributed by atoms with Crippen LogP contribution in [0, 0.1) is 5.92 Å². The molecule has 0 aromatic carbocycles. The zero-order chi connectivity index (χ0) is 15.4. The van der Waals surface area contributed by atoms with Crippen LogP contribution in [0.5, 0.6) is 0 Å². The number of amides is 2. The maximum absolute atomic E-state index is 12.1. The lowest BCUT2D eigenvalue weighted by molar-refractivity contribution is -0.132. The number of alkyl halides is 1. The van der Waals surface area contributed by atoms with Gasteiger partial charge in [-0.15, -0.1) is 11.6 Å². The smallest absolute Gasteiger partial charge is 0.227 e. The van der Waals surface area contributed by atoms with Crippen molar-refractivity contribution in [3.05, 3.63) is 10.6 Å². The zero-order valence-electron chi connectivity index (χ0n) is 12.3. The second kappa shape index (κ2) is 7.22. The molecular weight excluding hydrogens is 310 g/mol. The van der Waals surface area contributed by atoms with Crippen LogP contribution in [-0.4, -0.2) is 34.1 Å². The fourth-order valence-electron chi connectivity index (χ4n) is 2.21. The summed E-state index contributed by atoms with van der Waals surface area (Å²) >= 11 is 6.99. The Labute approximate surface area is 133 Å². The third-order valence-electron chi connectivity index (χ3n) is 3.23. The molecule has 116 valence electrons. The fourth-order valence-corrected chi connectivity index (χ4v) is 3.42. The monoisotopic (exact) mass is 329 g/mol. The van der Waals surface area contributed by atoms with Gasteiger partial charge in [-0.3, -0.25) is 9.59 Å². The molecule has 21 heavy (non-hydrogen) atoms. The summed E-state index contributed by atoms with van der Waals surface area (Å²) in [5.74, 6) is 0.736. The fraction of sp³-hybridized carbons (Fsp3) is 0.643. The summed E-state index contributed by atoms with van der Waals surface area (Å²) in [5, 5.41) is 3.36. The van der Waals surface area contributed by atoms with Crippen LogP contribution in [0.15, 0.2) is 0 Å². The van der Waals surface area contributed by atoms with E-state index in [4.69, 9.17) is 11.6 Å². The highest BCUT2D eigenvalue weighted by molar-refractivity contribution is 7.15. The normalized spacial score (nSPS) is 14.2.